The lowest BCUT2D eigenvalue weighted by Gasteiger charge is -2.24. The van der Waals surface area contributed by atoms with Crippen LogP contribution in [0.4, 0.5) is 4.79 Å². The third kappa shape index (κ3) is 5.72. The minimum Gasteiger partial charge on any atom is -0.466 e. The average molecular weight is 426 g/mol. The van der Waals surface area contributed by atoms with E-state index in [4.69, 9.17) is 13.9 Å². The number of nitrogens with zero attached hydrogens (tertiary/aromatic N) is 2. The fourth-order valence-corrected chi connectivity index (χ4v) is 2.74. The van der Waals surface area contributed by atoms with Gasteiger partial charge in [0.05, 0.1) is 13.7 Å². The van der Waals surface area contributed by atoms with Gasteiger partial charge in [0, 0.05) is 32.7 Å². The molecule has 30 heavy (non-hydrogen) atoms. The van der Waals surface area contributed by atoms with Gasteiger partial charge in [0.2, 0.25) is 5.91 Å². The predicted molar refractivity (Wildman–Crippen MR) is 97.0 cm³/mol. The molecule has 1 aromatic rings. The molecule has 2 amide bonds. The van der Waals surface area contributed by atoms with Crippen molar-refractivity contribution in [2.24, 2.45) is 0 Å². The number of likely N-dealkylation sites (N-methyl/N-ethyl adjacent to an activating group) is 1. The van der Waals surface area contributed by atoms with Crippen LogP contribution in [-0.2, 0) is 35.2 Å². The first-order valence-electron chi connectivity index (χ1n) is 8.83. The lowest BCUT2D eigenvalue weighted by atomic mass is 10.2. The highest BCUT2D eigenvalue weighted by Crippen LogP contribution is 2.23. The Bertz CT molecular complexity index is 897. The van der Waals surface area contributed by atoms with E-state index in [1.165, 1.54) is 25.9 Å². The summed E-state index contributed by atoms with van der Waals surface area (Å²) in [7, 11) is 4.20. The largest absolute Gasteiger partial charge is 0.519 e. The quantitative estimate of drug-likeness (QED) is 0.345. The van der Waals surface area contributed by atoms with E-state index in [-0.39, 0.29) is 37.0 Å². The Morgan fingerprint density at radius 1 is 1.17 bits per heavy atom. The Hall–Kier alpha value is -3.57. The van der Waals surface area contributed by atoms with Gasteiger partial charge in [-0.1, -0.05) is 0 Å². The molecular weight excluding hydrogens is 404 g/mol. The number of amides is 2. The zero-order valence-electron chi connectivity index (χ0n) is 16.9. The minimum absolute atomic E-state index is 0.0407. The van der Waals surface area contributed by atoms with Crippen molar-refractivity contribution in [3.05, 3.63) is 34.3 Å². The van der Waals surface area contributed by atoms with Crippen LogP contribution >= 0.6 is 0 Å². The van der Waals surface area contributed by atoms with Crippen LogP contribution in [0.5, 0.6) is 0 Å². The molecule has 12 heteroatoms. The average Bonchev–Trinajstić information content (AvgIpc) is 3.25. The molecule has 2 rings (SSSR count). The van der Waals surface area contributed by atoms with E-state index in [1.54, 1.807) is 0 Å². The normalized spacial score (nSPS) is 18.3. The topological polar surface area (TPSA) is 146 Å². The molecule has 0 bridgehead atoms. The van der Waals surface area contributed by atoms with E-state index in [1.807, 2.05) is 0 Å². The van der Waals surface area contributed by atoms with Gasteiger partial charge in [0.25, 0.3) is 0 Å². The number of carbonyl (C=O) groups excluding carboxylic acids is 4. The molecule has 1 saturated heterocycles. The smallest absolute Gasteiger partial charge is 0.466 e. The Kier molecular flexibility index (Phi) is 7.39. The number of likely N-dealkylation sites (tertiary alicyclic amines) is 1. The highest BCUT2D eigenvalue weighted by atomic mass is 16.6. The molecule has 0 unspecified atom stereocenters. The van der Waals surface area contributed by atoms with Crippen LogP contribution in [-0.4, -0.2) is 73.6 Å². The standard InChI is InChI=1S/C18H22N2O10/c1-10-13(30-18(25)28-10)9-27-17(24)20-8-11(7-12(20)16(23)19(2)3)29-15(22)6-5-14(21)26-4/h5-6,11-12H,7-9H2,1-4H3/b6-5+/t11-,12+/m1/s1. The molecule has 0 aliphatic carbocycles. The van der Waals surface area contributed by atoms with Gasteiger partial charge in [-0.15, -0.1) is 0 Å². The van der Waals surface area contributed by atoms with Crippen LogP contribution in [0.1, 0.15) is 17.9 Å². The van der Waals surface area contributed by atoms with E-state index in [0.29, 0.717) is 0 Å². The van der Waals surface area contributed by atoms with Gasteiger partial charge in [0.15, 0.2) is 18.1 Å². The molecule has 0 radical (unpaired) electrons. The number of hydrogen-bond acceptors (Lipinski definition) is 10. The molecule has 2 atom stereocenters. The fourth-order valence-electron chi connectivity index (χ4n) is 2.74. The first kappa shape index (κ1) is 22.7. The van der Waals surface area contributed by atoms with Gasteiger partial charge in [-0.2, -0.15) is 0 Å². The van der Waals surface area contributed by atoms with Gasteiger partial charge in [-0.25, -0.2) is 19.2 Å². The molecule has 0 saturated carbocycles. The molecule has 0 spiro atoms. The first-order valence-corrected chi connectivity index (χ1v) is 8.83. The molecule has 2 heterocycles. The fraction of sp³-hybridized carbons (Fsp3) is 0.500. The number of carbonyl (C=O) groups is 4. The SMILES string of the molecule is COC(=O)/C=C/C(=O)O[C@@H]1C[C@@H](C(=O)N(C)C)N(C(=O)OCc2oc(=O)oc2C)C1. The van der Waals surface area contributed by atoms with Crippen molar-refractivity contribution in [2.45, 2.75) is 32.1 Å². The maximum Gasteiger partial charge on any atom is 0.519 e. The van der Waals surface area contributed by atoms with Crippen molar-refractivity contribution in [2.75, 3.05) is 27.7 Å². The molecular formula is C18H22N2O10. The number of hydrogen-bond donors (Lipinski definition) is 0. The number of rotatable bonds is 6. The summed E-state index contributed by atoms with van der Waals surface area (Å²) in [6, 6.07) is -0.924. The maximum absolute atomic E-state index is 12.5. The maximum atomic E-state index is 12.5. The van der Waals surface area contributed by atoms with Gasteiger partial charge in [-0.3, -0.25) is 9.69 Å². The monoisotopic (exact) mass is 426 g/mol. The number of ether oxygens (including phenoxy) is 3. The molecule has 12 nitrogen and oxygen atoms in total. The Morgan fingerprint density at radius 3 is 2.40 bits per heavy atom. The lowest BCUT2D eigenvalue weighted by molar-refractivity contribution is -0.143. The zero-order valence-corrected chi connectivity index (χ0v) is 16.9. The molecule has 0 aromatic carbocycles. The van der Waals surface area contributed by atoms with Crippen LogP contribution in [0, 0.1) is 6.92 Å². The summed E-state index contributed by atoms with van der Waals surface area (Å²) in [5.74, 6) is -2.66. The van der Waals surface area contributed by atoms with Crippen molar-refractivity contribution in [3.8, 4) is 0 Å². The van der Waals surface area contributed by atoms with E-state index in [2.05, 4.69) is 9.15 Å². The number of methoxy groups -OCH3 is 1. The van der Waals surface area contributed by atoms with E-state index in [0.717, 1.165) is 24.2 Å². The summed E-state index contributed by atoms with van der Waals surface area (Å²) in [5, 5.41) is 0. The Morgan fingerprint density at radius 2 is 1.83 bits per heavy atom. The van der Waals surface area contributed by atoms with Gasteiger partial charge >= 0.3 is 23.9 Å². The van der Waals surface area contributed by atoms with Crippen LogP contribution in [0.15, 0.2) is 25.8 Å². The van der Waals surface area contributed by atoms with Gasteiger partial charge < -0.3 is 27.9 Å². The summed E-state index contributed by atoms with van der Waals surface area (Å²) < 4.78 is 24.2. The molecule has 0 N–H and O–H groups in total. The summed E-state index contributed by atoms with van der Waals surface area (Å²) in [6.07, 6.45) is 0.174. The summed E-state index contributed by atoms with van der Waals surface area (Å²) in [6.45, 7) is 0.997. The van der Waals surface area contributed by atoms with E-state index < -0.39 is 36.0 Å². The van der Waals surface area contributed by atoms with Crippen molar-refractivity contribution in [1.82, 2.24) is 9.80 Å². The van der Waals surface area contributed by atoms with Crippen molar-refractivity contribution in [3.63, 3.8) is 0 Å². The second-order valence-corrected chi connectivity index (χ2v) is 6.54. The molecule has 1 aromatic heterocycles. The van der Waals surface area contributed by atoms with Crippen LogP contribution in [0.3, 0.4) is 0 Å². The summed E-state index contributed by atoms with van der Waals surface area (Å²) in [4.78, 5) is 61.4. The molecule has 1 fully saturated rings. The molecule has 1 aliphatic heterocycles. The van der Waals surface area contributed by atoms with Crippen LogP contribution < -0.4 is 5.82 Å². The molecule has 1 aliphatic rings. The van der Waals surface area contributed by atoms with Crippen molar-refractivity contribution >= 4 is 23.9 Å². The second-order valence-electron chi connectivity index (χ2n) is 6.54. The van der Waals surface area contributed by atoms with Gasteiger partial charge in [-0.05, 0) is 6.92 Å². The third-order valence-electron chi connectivity index (χ3n) is 4.22. The van der Waals surface area contributed by atoms with Crippen LogP contribution in [0.25, 0.3) is 0 Å². The summed E-state index contributed by atoms with van der Waals surface area (Å²) >= 11 is 0. The van der Waals surface area contributed by atoms with E-state index in [9.17, 15) is 24.0 Å². The Balaban J connectivity index is 2.06. The first-order chi connectivity index (χ1) is 14.1. The number of esters is 2. The highest BCUT2D eigenvalue weighted by molar-refractivity contribution is 5.92. The van der Waals surface area contributed by atoms with Gasteiger partial charge in [0.1, 0.15) is 12.1 Å². The summed E-state index contributed by atoms with van der Waals surface area (Å²) in [5.41, 5.74) is 0. The Labute approximate surface area is 170 Å². The van der Waals surface area contributed by atoms with E-state index >= 15 is 0 Å². The van der Waals surface area contributed by atoms with Crippen molar-refractivity contribution < 1.29 is 42.2 Å². The second kappa shape index (κ2) is 9.76. The predicted octanol–water partition coefficient (Wildman–Crippen LogP) is -0.0187. The lowest BCUT2D eigenvalue weighted by Crippen LogP contribution is -2.45. The number of aryl methyl sites for hydroxylation is 1. The third-order valence-corrected chi connectivity index (χ3v) is 4.22. The highest BCUT2D eigenvalue weighted by Gasteiger charge is 2.42. The molecule has 164 valence electrons. The minimum atomic E-state index is -0.924. The van der Waals surface area contributed by atoms with Crippen molar-refractivity contribution in [1.29, 1.82) is 0 Å². The van der Waals surface area contributed by atoms with Crippen LogP contribution in [0.2, 0.25) is 0 Å². The zero-order chi connectivity index (χ0) is 22.4.